The monoisotopic (exact) mass is 1860 g/mol. The molecule has 0 aliphatic heterocycles. The zero-order valence-corrected chi connectivity index (χ0v) is 84.9. The second kappa shape index (κ2) is 63.6. The largest absolute Gasteiger partial charge is 0.495 e. The first-order valence-corrected chi connectivity index (χ1v) is 46.1. The molecule has 1 aliphatic carbocycles. The molecule has 10 aromatic heterocycles. The summed E-state index contributed by atoms with van der Waals surface area (Å²) < 4.78 is 63.8. The molecule has 17 nitrogen and oxygen atoms in total. The molecule has 1 aliphatic rings. The number of alkyl halides is 3. The molecule has 0 bridgehead atoms. The maximum absolute atomic E-state index is 12.9. The number of methoxy groups -OCH3 is 1. The van der Waals surface area contributed by atoms with Gasteiger partial charge in [0.25, 0.3) is 5.92 Å². The van der Waals surface area contributed by atoms with Crippen molar-refractivity contribution < 1.29 is 22.3 Å². The highest BCUT2D eigenvalue weighted by molar-refractivity contribution is 5.27. The summed E-state index contributed by atoms with van der Waals surface area (Å²) in [5, 5.41) is 12.6. The van der Waals surface area contributed by atoms with Crippen LogP contribution in [0.4, 0.5) is 17.6 Å². The average molecular weight is 1860 g/mol. The number of rotatable bonds is 20. The second-order valence-corrected chi connectivity index (χ2v) is 42.9. The fourth-order valence-corrected chi connectivity index (χ4v) is 13.1. The molecule has 1 aromatic carbocycles. The van der Waals surface area contributed by atoms with E-state index in [0.29, 0.717) is 64.6 Å². The third-order valence-electron chi connectivity index (χ3n) is 18.7. The fourth-order valence-electron chi connectivity index (χ4n) is 13.1. The first kappa shape index (κ1) is 131. The maximum atomic E-state index is 12.9. The topological polar surface area (TPSA) is 184 Å². The third kappa shape index (κ3) is 61.4. The van der Waals surface area contributed by atoms with Crippen molar-refractivity contribution in [3.63, 3.8) is 0 Å². The SMILES string of the molecule is C.C.C.C.C.C.CC(C)(C)Cn1ccc(C(C)(F)F)n1.CC(C)Cc1ccn(C(C)F)n1.CC(C)Cc1ccn(C2CCCC2)n1.CC(C)Cc1ncccc1F.CC(C)Cc1nccn1Cc1ccccc1.COc1cccnc1CC(C)(C)C.Cc1cccc(CC(C)(C)C)n1.Cc1cccnc1CC(C)(C)C.Cc1cnc(CC(C)(C)C)cn1.Cc1cnc(CC(C)(C)C)nc1. The van der Waals surface area contributed by atoms with Gasteiger partial charge >= 0.3 is 0 Å². The van der Waals surface area contributed by atoms with Crippen LogP contribution in [-0.2, 0) is 76.8 Å². The van der Waals surface area contributed by atoms with E-state index in [2.05, 4.69) is 283 Å². The molecular formula is C113H188F4N16O. The number of hydrogen-bond donors (Lipinski definition) is 0. The van der Waals surface area contributed by atoms with Crippen molar-refractivity contribution in [2.45, 2.75) is 381 Å². The van der Waals surface area contributed by atoms with Gasteiger partial charge in [0.1, 0.15) is 28.9 Å². The molecule has 0 amide bonds. The quantitative estimate of drug-likeness (QED) is 0.0657. The maximum Gasteiger partial charge on any atom is 0.288 e. The first-order valence-electron chi connectivity index (χ1n) is 46.1. The predicted molar refractivity (Wildman–Crippen MR) is 564 cm³/mol. The highest BCUT2D eigenvalue weighted by Gasteiger charge is 2.28. The number of ether oxygens (including phenoxy) is 1. The lowest BCUT2D eigenvalue weighted by Crippen LogP contribution is -2.17. The van der Waals surface area contributed by atoms with Gasteiger partial charge in [0, 0.05) is 124 Å². The molecule has 134 heavy (non-hydrogen) atoms. The molecule has 0 N–H and O–H groups in total. The van der Waals surface area contributed by atoms with Crippen LogP contribution in [0.1, 0.15) is 362 Å². The smallest absolute Gasteiger partial charge is 0.288 e. The van der Waals surface area contributed by atoms with Crippen molar-refractivity contribution in [3.05, 3.63) is 269 Å². The minimum absolute atomic E-state index is 0. The molecule has 11 aromatic rings. The minimum Gasteiger partial charge on any atom is -0.495 e. The summed E-state index contributed by atoms with van der Waals surface area (Å²) in [7, 11) is 1.68. The molecule has 0 spiro atoms. The number of benzene rings is 1. The Kier molecular flexibility index (Phi) is 62.0. The van der Waals surface area contributed by atoms with Gasteiger partial charge in [-0.1, -0.05) is 280 Å². The molecule has 1 fully saturated rings. The van der Waals surface area contributed by atoms with Crippen LogP contribution in [0.2, 0.25) is 0 Å². The molecule has 0 radical (unpaired) electrons. The van der Waals surface area contributed by atoms with Crippen molar-refractivity contribution in [3.8, 4) is 5.75 Å². The highest BCUT2D eigenvalue weighted by Crippen LogP contribution is 2.31. The Morgan fingerprint density at radius 1 is 0.410 bits per heavy atom. The van der Waals surface area contributed by atoms with Gasteiger partial charge in [-0.3, -0.25) is 39.3 Å². The van der Waals surface area contributed by atoms with Gasteiger partial charge < -0.3 is 9.30 Å². The molecule has 1 saturated carbocycles. The summed E-state index contributed by atoms with van der Waals surface area (Å²) in [6.07, 6.45) is 35.2. The fraction of sp³-hybridized carbons (Fsp3) is 0.593. The number of pyridine rings is 4. The van der Waals surface area contributed by atoms with E-state index >= 15 is 0 Å². The van der Waals surface area contributed by atoms with E-state index in [-0.39, 0.29) is 72.3 Å². The van der Waals surface area contributed by atoms with Crippen molar-refractivity contribution in [1.29, 1.82) is 0 Å². The Hall–Kier alpha value is -9.66. The van der Waals surface area contributed by atoms with Crippen LogP contribution in [0.5, 0.6) is 5.75 Å². The van der Waals surface area contributed by atoms with Gasteiger partial charge in [0.05, 0.1) is 47.3 Å². The first-order chi connectivity index (χ1) is 59.4. The summed E-state index contributed by atoms with van der Waals surface area (Å²) >= 11 is 0. The molecule has 1 unspecified atom stereocenters. The zero-order chi connectivity index (χ0) is 96.4. The van der Waals surface area contributed by atoms with E-state index in [1.807, 2.05) is 135 Å². The minimum atomic E-state index is -2.84. The van der Waals surface area contributed by atoms with Crippen LogP contribution in [0.15, 0.2) is 177 Å². The molecule has 21 heteroatoms. The van der Waals surface area contributed by atoms with Crippen LogP contribution in [-0.4, -0.2) is 85.9 Å². The van der Waals surface area contributed by atoms with Crippen molar-refractivity contribution >= 4 is 0 Å². The molecule has 0 saturated heterocycles. The molecule has 1 atom stereocenters. The average Bonchev–Trinajstić information content (AvgIpc) is 1.70. The van der Waals surface area contributed by atoms with Crippen molar-refractivity contribution in [1.82, 2.24) is 78.8 Å². The van der Waals surface area contributed by atoms with Gasteiger partial charge in [-0.25, -0.2) is 28.4 Å². The van der Waals surface area contributed by atoms with E-state index in [9.17, 15) is 17.6 Å². The van der Waals surface area contributed by atoms with Crippen LogP contribution in [0.3, 0.4) is 0 Å². The highest BCUT2D eigenvalue weighted by atomic mass is 19.3. The Bertz CT molecular complexity index is 4720. The van der Waals surface area contributed by atoms with Gasteiger partial charge in [-0.05, 0) is 226 Å². The number of imidazole rings is 1. The van der Waals surface area contributed by atoms with Gasteiger partial charge in [0.2, 0.25) is 0 Å². The van der Waals surface area contributed by atoms with Crippen LogP contribution >= 0.6 is 0 Å². The normalized spacial score (nSPS) is 12.0. The predicted octanol–water partition coefficient (Wildman–Crippen LogP) is 31.6. The van der Waals surface area contributed by atoms with E-state index in [1.54, 1.807) is 36.4 Å². The summed E-state index contributed by atoms with van der Waals surface area (Å²) in [5.41, 5.74) is 14.5. The lowest BCUT2D eigenvalue weighted by atomic mass is 9.89. The lowest BCUT2D eigenvalue weighted by Gasteiger charge is -2.18. The van der Waals surface area contributed by atoms with Crippen LogP contribution in [0, 0.1) is 89.7 Å². The lowest BCUT2D eigenvalue weighted by molar-refractivity contribution is 0.0118. The van der Waals surface area contributed by atoms with Crippen molar-refractivity contribution in [2.24, 2.45) is 56.2 Å². The van der Waals surface area contributed by atoms with Gasteiger partial charge in [-0.2, -0.15) is 24.1 Å². The second-order valence-electron chi connectivity index (χ2n) is 42.9. The van der Waals surface area contributed by atoms with Gasteiger partial charge in [-0.15, -0.1) is 0 Å². The Morgan fingerprint density at radius 3 is 1.37 bits per heavy atom. The van der Waals surface area contributed by atoms with Gasteiger partial charge in [0.15, 0.2) is 6.30 Å². The summed E-state index contributed by atoms with van der Waals surface area (Å²) in [4.78, 5) is 38.5. The van der Waals surface area contributed by atoms with Crippen LogP contribution in [0.25, 0.3) is 0 Å². The number of aryl methyl sites for hydroxylation is 4. The standard InChI is InChI=1S/C14H18N2.C12H20N2.C11H17NO.2C11H17N.C10H16F2N2.2C10H16N2.C9H15FN2.C9H12FN.6CH4/c1-12(2)10-14-15-8-9-16(14)11-13-6-4-3-5-7-13;1-10(2)9-11-7-8-14(13-11)12-5-3-4-6-12;1-11(2,3)8-9-10(13-4)6-5-7-12-9;1-9-6-5-7-12-10(9)8-11(2,3)4;1-9-6-5-7-10(12-9)8-11(2,3)4;1-9(2,3)7-14-6-5-8(13-14)10(4,11)12;1-8-6-12-9(7-11-8)5-10(2,3)4;1-8-6-11-9(12-7-8)5-10(2,3)4;1-7(2)6-9-4-5-12(11-9)8(3)10;1-7(2)6-9-8(10)4-3-5-11-9;;;;;;/h3-9,12H,10-11H2,1-2H3;7-8,10,12H,3-6,9H2,1-2H3;5-7H,8H2,1-4H3;2*5-7H,8H2,1-4H3;5-6H,7H2,1-4H3;2*6-7H,5H2,1-4H3;4-5,7-8H,6H2,1-3H3;3-5,7H,6H2,1-2H3;6*1H4. The molecular weight excluding hydrogens is 1670 g/mol. The number of nitrogens with zero attached hydrogens (tertiary/aromatic N) is 16. The van der Waals surface area contributed by atoms with E-state index in [1.165, 1.54) is 83.5 Å². The van der Waals surface area contributed by atoms with E-state index in [0.717, 1.165) is 110 Å². The number of halogens is 4. The molecule has 754 valence electrons. The Balaban J connectivity index is -0.000000698. The Morgan fingerprint density at radius 2 is 0.910 bits per heavy atom. The molecule has 10 heterocycles. The number of aromatic nitrogens is 16. The number of hydrogen-bond acceptors (Lipinski definition) is 13. The van der Waals surface area contributed by atoms with E-state index in [4.69, 9.17) is 4.74 Å². The third-order valence-corrected chi connectivity index (χ3v) is 18.7. The van der Waals surface area contributed by atoms with Crippen molar-refractivity contribution in [2.75, 3.05) is 7.11 Å². The van der Waals surface area contributed by atoms with Crippen LogP contribution < -0.4 is 4.74 Å². The zero-order valence-electron chi connectivity index (χ0n) is 84.9. The summed E-state index contributed by atoms with van der Waals surface area (Å²) in [6, 6.07) is 33.8. The molecule has 12 rings (SSSR count). The summed E-state index contributed by atoms with van der Waals surface area (Å²) in [5.74, 6) is 2.36. The Labute approximate surface area is 815 Å². The summed E-state index contributed by atoms with van der Waals surface area (Å²) in [6.45, 7) is 68.6. The van der Waals surface area contributed by atoms with E-state index < -0.39 is 12.2 Å².